The zero-order valence-electron chi connectivity index (χ0n) is 10.2. The fourth-order valence-electron chi connectivity index (χ4n) is 1.81. The molecule has 2 aromatic rings. The minimum absolute atomic E-state index is 0.342. The van der Waals surface area contributed by atoms with Crippen LogP contribution in [-0.2, 0) is 0 Å². The van der Waals surface area contributed by atoms with E-state index >= 15 is 0 Å². The van der Waals surface area contributed by atoms with Gasteiger partial charge in [-0.05, 0) is 31.5 Å². The van der Waals surface area contributed by atoms with Crippen molar-refractivity contribution in [1.82, 2.24) is 0 Å². The lowest BCUT2D eigenvalue weighted by Gasteiger charge is -2.10. The number of hydrogen-bond donors (Lipinski definition) is 0. The Morgan fingerprint density at radius 2 is 2.17 bits per heavy atom. The topological polar surface area (TPSA) is 39.4 Å². The van der Waals surface area contributed by atoms with Crippen LogP contribution in [0, 0.1) is 13.8 Å². The van der Waals surface area contributed by atoms with Gasteiger partial charge in [0.05, 0.1) is 0 Å². The molecule has 0 atom stereocenters. The summed E-state index contributed by atoms with van der Waals surface area (Å²) in [6, 6.07) is 5.26. The number of rotatable bonds is 3. The van der Waals surface area contributed by atoms with Gasteiger partial charge in [-0.1, -0.05) is 22.5 Å². The fraction of sp³-hybridized carbons (Fsp3) is 0.214. The zero-order valence-corrected chi connectivity index (χ0v) is 11.8. The normalized spacial score (nSPS) is 10.6. The summed E-state index contributed by atoms with van der Waals surface area (Å²) in [6.45, 7) is 7.85. The Morgan fingerprint density at radius 3 is 2.83 bits per heavy atom. The second-order valence-corrected chi connectivity index (χ2v) is 5.24. The van der Waals surface area contributed by atoms with Gasteiger partial charge in [-0.3, -0.25) is 0 Å². The van der Waals surface area contributed by atoms with Crippen molar-refractivity contribution < 1.29 is 9.15 Å². The fourth-order valence-corrected chi connectivity index (χ4v) is 1.93. The van der Waals surface area contributed by atoms with E-state index in [1.165, 1.54) is 6.07 Å². The number of fused-ring (bicyclic) bond motifs is 1. The first-order valence-corrected chi connectivity index (χ1v) is 6.28. The number of halogens is 1. The van der Waals surface area contributed by atoms with Crippen LogP contribution >= 0.6 is 15.9 Å². The SMILES string of the molecule is C=C(Br)COc1ccc2c(C)cc(=O)oc2c1C. The molecular formula is C14H13BrO3. The van der Waals surface area contributed by atoms with Crippen LogP contribution in [0.3, 0.4) is 0 Å². The molecule has 0 bridgehead atoms. The van der Waals surface area contributed by atoms with Crippen molar-refractivity contribution in [3.05, 3.63) is 50.8 Å². The predicted octanol–water partition coefficient (Wildman–Crippen LogP) is 3.70. The van der Waals surface area contributed by atoms with Crippen molar-refractivity contribution in [2.45, 2.75) is 13.8 Å². The number of hydrogen-bond acceptors (Lipinski definition) is 3. The van der Waals surface area contributed by atoms with Crippen LogP contribution in [0.15, 0.2) is 38.5 Å². The van der Waals surface area contributed by atoms with Crippen LogP contribution < -0.4 is 10.4 Å². The second-order valence-electron chi connectivity index (χ2n) is 4.12. The molecule has 0 aliphatic carbocycles. The summed E-state index contributed by atoms with van der Waals surface area (Å²) in [5.74, 6) is 0.692. The summed E-state index contributed by atoms with van der Waals surface area (Å²) in [6.07, 6.45) is 0. The minimum Gasteiger partial charge on any atom is -0.488 e. The molecule has 3 nitrogen and oxygen atoms in total. The average molecular weight is 309 g/mol. The van der Waals surface area contributed by atoms with Crippen molar-refractivity contribution in [2.75, 3.05) is 6.61 Å². The highest BCUT2D eigenvalue weighted by Gasteiger charge is 2.09. The third-order valence-electron chi connectivity index (χ3n) is 2.70. The Hall–Kier alpha value is -1.55. The highest BCUT2D eigenvalue weighted by atomic mass is 79.9. The van der Waals surface area contributed by atoms with E-state index in [4.69, 9.17) is 9.15 Å². The Morgan fingerprint density at radius 1 is 1.44 bits per heavy atom. The zero-order chi connectivity index (χ0) is 13.3. The summed E-state index contributed by atoms with van der Waals surface area (Å²) >= 11 is 3.24. The van der Waals surface area contributed by atoms with Crippen molar-refractivity contribution in [2.24, 2.45) is 0 Å². The van der Waals surface area contributed by atoms with Crippen LogP contribution in [0.5, 0.6) is 5.75 Å². The highest BCUT2D eigenvalue weighted by Crippen LogP contribution is 2.28. The minimum atomic E-state index is -0.342. The van der Waals surface area contributed by atoms with Crippen molar-refractivity contribution >= 4 is 26.9 Å². The molecule has 0 saturated carbocycles. The molecule has 94 valence electrons. The Balaban J connectivity index is 2.56. The molecule has 1 aromatic heterocycles. The number of aryl methyl sites for hydroxylation is 2. The third kappa shape index (κ3) is 2.48. The van der Waals surface area contributed by atoms with E-state index < -0.39 is 0 Å². The van der Waals surface area contributed by atoms with Gasteiger partial charge in [0, 0.05) is 21.5 Å². The lowest BCUT2D eigenvalue weighted by Crippen LogP contribution is -2.02. The molecule has 0 amide bonds. The lowest BCUT2D eigenvalue weighted by atomic mass is 10.1. The van der Waals surface area contributed by atoms with E-state index in [0.29, 0.717) is 17.9 Å². The Labute approximate surface area is 113 Å². The van der Waals surface area contributed by atoms with Crippen LogP contribution in [0.1, 0.15) is 11.1 Å². The molecule has 2 rings (SSSR count). The van der Waals surface area contributed by atoms with E-state index in [2.05, 4.69) is 22.5 Å². The highest BCUT2D eigenvalue weighted by molar-refractivity contribution is 9.11. The maximum atomic E-state index is 11.4. The molecule has 0 saturated heterocycles. The van der Waals surface area contributed by atoms with Crippen LogP contribution in [0.2, 0.25) is 0 Å². The van der Waals surface area contributed by atoms with E-state index in [1.807, 2.05) is 26.0 Å². The molecule has 0 N–H and O–H groups in total. The third-order valence-corrected chi connectivity index (χ3v) is 2.93. The Kier molecular flexibility index (Phi) is 3.57. The van der Waals surface area contributed by atoms with E-state index in [-0.39, 0.29) is 5.63 Å². The molecule has 1 heterocycles. The molecular weight excluding hydrogens is 296 g/mol. The van der Waals surface area contributed by atoms with E-state index in [9.17, 15) is 4.79 Å². The second kappa shape index (κ2) is 4.98. The van der Waals surface area contributed by atoms with E-state index in [1.54, 1.807) is 0 Å². The molecule has 0 radical (unpaired) electrons. The van der Waals surface area contributed by atoms with Gasteiger partial charge >= 0.3 is 5.63 Å². The molecule has 0 spiro atoms. The number of benzene rings is 1. The smallest absolute Gasteiger partial charge is 0.336 e. The van der Waals surface area contributed by atoms with Crippen molar-refractivity contribution in [1.29, 1.82) is 0 Å². The van der Waals surface area contributed by atoms with Gasteiger partial charge in [-0.25, -0.2) is 4.79 Å². The summed E-state index contributed by atoms with van der Waals surface area (Å²) < 4.78 is 11.6. The molecule has 0 unspecified atom stereocenters. The number of ether oxygens (including phenoxy) is 1. The molecule has 0 aliphatic heterocycles. The first-order chi connectivity index (χ1) is 8.49. The van der Waals surface area contributed by atoms with Crippen molar-refractivity contribution in [3.63, 3.8) is 0 Å². The summed E-state index contributed by atoms with van der Waals surface area (Å²) in [5.41, 5.74) is 1.96. The predicted molar refractivity (Wildman–Crippen MR) is 75.5 cm³/mol. The van der Waals surface area contributed by atoms with Gasteiger partial charge in [0.25, 0.3) is 0 Å². The average Bonchev–Trinajstić information content (AvgIpc) is 2.29. The van der Waals surface area contributed by atoms with Gasteiger partial charge in [-0.15, -0.1) is 0 Å². The summed E-state index contributed by atoms with van der Waals surface area (Å²) in [5, 5.41) is 0.928. The molecule has 1 aromatic carbocycles. The molecule has 0 fully saturated rings. The summed E-state index contributed by atoms with van der Waals surface area (Å²) in [7, 11) is 0. The van der Waals surface area contributed by atoms with Gasteiger partial charge in [0.1, 0.15) is 17.9 Å². The van der Waals surface area contributed by atoms with Gasteiger partial charge in [0.2, 0.25) is 0 Å². The standard InChI is InChI=1S/C14H13BrO3/c1-8-6-13(16)18-14-10(3)12(5-4-11(8)14)17-7-9(2)15/h4-6H,2,7H2,1,3H3. The maximum Gasteiger partial charge on any atom is 0.336 e. The monoisotopic (exact) mass is 308 g/mol. The van der Waals surface area contributed by atoms with Gasteiger partial charge < -0.3 is 9.15 Å². The molecule has 0 aliphatic rings. The van der Waals surface area contributed by atoms with Gasteiger partial charge in [-0.2, -0.15) is 0 Å². The lowest BCUT2D eigenvalue weighted by molar-refractivity contribution is 0.358. The largest absolute Gasteiger partial charge is 0.488 e. The maximum absolute atomic E-state index is 11.4. The van der Waals surface area contributed by atoms with Crippen LogP contribution in [0.4, 0.5) is 0 Å². The Bertz CT molecular complexity index is 671. The molecule has 18 heavy (non-hydrogen) atoms. The van der Waals surface area contributed by atoms with Crippen LogP contribution in [0.25, 0.3) is 11.0 Å². The van der Waals surface area contributed by atoms with Crippen LogP contribution in [-0.4, -0.2) is 6.61 Å². The first kappa shape index (κ1) is 12.9. The first-order valence-electron chi connectivity index (χ1n) is 5.49. The van der Waals surface area contributed by atoms with E-state index in [0.717, 1.165) is 21.0 Å². The summed E-state index contributed by atoms with van der Waals surface area (Å²) in [4.78, 5) is 11.4. The van der Waals surface area contributed by atoms with Gasteiger partial charge in [0.15, 0.2) is 0 Å². The van der Waals surface area contributed by atoms with Crippen molar-refractivity contribution in [3.8, 4) is 5.75 Å². The quantitative estimate of drug-likeness (QED) is 0.812. The molecule has 4 heteroatoms.